The number of methoxy groups -OCH3 is 1. The van der Waals surface area contributed by atoms with Crippen molar-refractivity contribution in [3.8, 4) is 0 Å². The third-order valence-electron chi connectivity index (χ3n) is 5.67. The zero-order chi connectivity index (χ0) is 28.1. The largest absolute Gasteiger partial charge is 0.490 e. The van der Waals surface area contributed by atoms with Crippen LogP contribution in [0.4, 0.5) is 22.4 Å². The monoisotopic (exact) mass is 542 g/mol. The molecule has 1 aromatic carbocycles. The number of aromatic nitrogens is 1. The Morgan fingerprint density at radius 2 is 1.71 bits per heavy atom. The molecule has 1 aliphatic rings. The van der Waals surface area contributed by atoms with Crippen molar-refractivity contribution in [1.29, 1.82) is 0 Å². The molecule has 2 heterocycles. The van der Waals surface area contributed by atoms with Gasteiger partial charge in [0, 0.05) is 32.0 Å². The minimum Gasteiger partial charge on any atom is -0.475 e. The molecule has 0 bridgehead atoms. The maximum atomic E-state index is 13.0. The number of aliphatic carboxylic acids is 1. The Balaban J connectivity index is 0.000000638. The summed E-state index contributed by atoms with van der Waals surface area (Å²) in [5, 5.41) is 12.9. The fourth-order valence-electron chi connectivity index (χ4n) is 3.55. The van der Waals surface area contributed by atoms with Crippen LogP contribution in [0.3, 0.4) is 0 Å². The SMILES string of the molecule is COCc1ccc(CNC(=O)NCC2CCN(CC(=O)c3ccc(F)cc3)CC2)cn1.O=C(O)C(F)(F)F. The fraction of sp³-hybridized carbons (Fsp3) is 0.440. The molecule has 38 heavy (non-hydrogen) atoms. The predicted octanol–water partition coefficient (Wildman–Crippen LogP) is 3.39. The highest BCUT2D eigenvalue weighted by atomic mass is 19.4. The highest BCUT2D eigenvalue weighted by Gasteiger charge is 2.38. The van der Waals surface area contributed by atoms with Gasteiger partial charge in [0.15, 0.2) is 5.78 Å². The van der Waals surface area contributed by atoms with Crippen LogP contribution >= 0.6 is 0 Å². The number of benzene rings is 1. The first-order valence-electron chi connectivity index (χ1n) is 11.7. The van der Waals surface area contributed by atoms with Gasteiger partial charge in [-0.15, -0.1) is 0 Å². The van der Waals surface area contributed by atoms with Crippen molar-refractivity contribution in [3.05, 3.63) is 65.2 Å². The number of ether oxygens (including phenoxy) is 1. The molecule has 0 saturated carbocycles. The van der Waals surface area contributed by atoms with Gasteiger partial charge in [-0.1, -0.05) is 6.07 Å². The Kier molecular flexibility index (Phi) is 12.1. The Labute approximate surface area is 217 Å². The Morgan fingerprint density at radius 1 is 1.08 bits per heavy atom. The number of piperidine rings is 1. The number of rotatable bonds is 9. The molecule has 1 fully saturated rings. The second-order valence-corrected chi connectivity index (χ2v) is 8.61. The number of halogens is 4. The molecule has 1 saturated heterocycles. The average molecular weight is 543 g/mol. The first-order chi connectivity index (χ1) is 18.0. The molecule has 9 nitrogen and oxygen atoms in total. The van der Waals surface area contributed by atoms with Gasteiger partial charge in [0.2, 0.25) is 0 Å². The van der Waals surface area contributed by atoms with Gasteiger partial charge in [0.05, 0.1) is 18.8 Å². The number of ketones is 1. The molecule has 0 atom stereocenters. The minimum absolute atomic E-state index is 0.000644. The third kappa shape index (κ3) is 11.2. The van der Waals surface area contributed by atoms with E-state index >= 15 is 0 Å². The smallest absolute Gasteiger partial charge is 0.475 e. The summed E-state index contributed by atoms with van der Waals surface area (Å²) in [6.45, 7) is 3.43. The fourth-order valence-corrected chi connectivity index (χ4v) is 3.55. The molecule has 2 amide bonds. The minimum atomic E-state index is -5.08. The molecule has 0 unspecified atom stereocenters. The van der Waals surface area contributed by atoms with Crippen LogP contribution in [0.2, 0.25) is 0 Å². The molecule has 3 rings (SSSR count). The van der Waals surface area contributed by atoms with Crippen LogP contribution in [-0.2, 0) is 22.7 Å². The van der Waals surface area contributed by atoms with E-state index in [2.05, 4.69) is 20.5 Å². The molecule has 208 valence electrons. The number of hydrogen-bond donors (Lipinski definition) is 3. The first-order valence-corrected chi connectivity index (χ1v) is 11.7. The second-order valence-electron chi connectivity index (χ2n) is 8.61. The van der Waals surface area contributed by atoms with Crippen LogP contribution in [0.15, 0.2) is 42.6 Å². The van der Waals surface area contributed by atoms with Crippen molar-refractivity contribution in [2.75, 3.05) is 33.3 Å². The highest BCUT2D eigenvalue weighted by molar-refractivity contribution is 5.97. The van der Waals surface area contributed by atoms with Crippen molar-refractivity contribution in [2.45, 2.75) is 32.2 Å². The third-order valence-corrected chi connectivity index (χ3v) is 5.67. The summed E-state index contributed by atoms with van der Waals surface area (Å²) in [6.07, 6.45) is -1.51. The quantitative estimate of drug-likeness (QED) is 0.328. The summed E-state index contributed by atoms with van der Waals surface area (Å²) < 4.78 is 49.8. The van der Waals surface area contributed by atoms with Crippen LogP contribution in [0, 0.1) is 11.7 Å². The number of likely N-dealkylation sites (tertiary alicyclic amines) is 1. The second kappa shape index (κ2) is 15.0. The standard InChI is InChI=1S/C23H29FN4O3.C2HF3O2/c1-31-16-21-7-2-18(13-25-21)14-27-23(30)26-12-17-8-10-28(11-9-17)15-22(29)19-3-5-20(24)6-4-19;3-2(4,5)1(6)7/h2-7,13,17H,8-12,14-16H2,1H3,(H2,26,27,30);(H,6,7). The Hall–Kier alpha value is -3.58. The molecular weight excluding hydrogens is 512 g/mol. The van der Waals surface area contributed by atoms with E-state index in [1.807, 2.05) is 12.1 Å². The van der Waals surface area contributed by atoms with E-state index in [9.17, 15) is 27.2 Å². The van der Waals surface area contributed by atoms with E-state index in [0.717, 1.165) is 37.2 Å². The number of alkyl halides is 3. The number of Topliss-reactive ketones (excluding diaryl/α,β-unsaturated/α-hetero) is 1. The molecule has 0 radical (unpaired) electrons. The van der Waals surface area contributed by atoms with Gasteiger partial charge >= 0.3 is 18.2 Å². The van der Waals surface area contributed by atoms with Crippen LogP contribution in [0.25, 0.3) is 0 Å². The number of amides is 2. The van der Waals surface area contributed by atoms with Crippen molar-refractivity contribution in [2.24, 2.45) is 5.92 Å². The Morgan fingerprint density at radius 3 is 2.24 bits per heavy atom. The van der Waals surface area contributed by atoms with Gasteiger partial charge < -0.3 is 20.5 Å². The summed E-state index contributed by atoms with van der Waals surface area (Å²) >= 11 is 0. The summed E-state index contributed by atoms with van der Waals surface area (Å²) in [6, 6.07) is 9.27. The molecule has 0 aliphatic carbocycles. The lowest BCUT2D eigenvalue weighted by Crippen LogP contribution is -2.42. The van der Waals surface area contributed by atoms with E-state index in [-0.39, 0.29) is 17.6 Å². The normalized spacial score (nSPS) is 14.2. The number of carbonyl (C=O) groups excluding carboxylic acids is 2. The maximum Gasteiger partial charge on any atom is 0.490 e. The van der Waals surface area contributed by atoms with E-state index in [1.54, 1.807) is 13.3 Å². The van der Waals surface area contributed by atoms with Gasteiger partial charge in [-0.05, 0) is 67.7 Å². The molecule has 13 heteroatoms. The summed E-state index contributed by atoms with van der Waals surface area (Å²) in [5.74, 6) is -2.71. The summed E-state index contributed by atoms with van der Waals surface area (Å²) in [5.41, 5.74) is 2.31. The maximum absolute atomic E-state index is 13.0. The number of nitrogens with one attached hydrogen (secondary N) is 2. The predicted molar refractivity (Wildman–Crippen MR) is 129 cm³/mol. The van der Waals surface area contributed by atoms with Gasteiger partial charge in [-0.2, -0.15) is 13.2 Å². The summed E-state index contributed by atoms with van der Waals surface area (Å²) in [4.78, 5) is 39.7. The van der Waals surface area contributed by atoms with Gasteiger partial charge in [0.25, 0.3) is 0 Å². The van der Waals surface area contributed by atoms with Crippen molar-refractivity contribution >= 4 is 17.8 Å². The summed E-state index contributed by atoms with van der Waals surface area (Å²) in [7, 11) is 1.62. The topological polar surface area (TPSA) is 121 Å². The first kappa shape index (κ1) is 30.6. The molecule has 1 aliphatic heterocycles. The molecular formula is C25H30F4N4O5. The number of hydrogen-bond acceptors (Lipinski definition) is 6. The zero-order valence-corrected chi connectivity index (χ0v) is 20.8. The Bertz CT molecular complexity index is 1040. The molecule has 2 aromatic rings. The number of nitrogens with zero attached hydrogens (tertiary/aromatic N) is 2. The zero-order valence-electron chi connectivity index (χ0n) is 20.8. The van der Waals surface area contributed by atoms with Gasteiger partial charge in [-0.25, -0.2) is 14.0 Å². The van der Waals surface area contributed by atoms with Crippen LogP contribution < -0.4 is 10.6 Å². The molecule has 1 aromatic heterocycles. The van der Waals surface area contributed by atoms with E-state index in [4.69, 9.17) is 14.6 Å². The number of carboxylic acids is 1. The lowest BCUT2D eigenvalue weighted by atomic mass is 9.96. The van der Waals surface area contributed by atoms with Crippen molar-refractivity contribution in [1.82, 2.24) is 20.5 Å². The number of pyridine rings is 1. The van der Waals surface area contributed by atoms with Crippen LogP contribution in [0.1, 0.15) is 34.5 Å². The lowest BCUT2D eigenvalue weighted by Gasteiger charge is -2.31. The van der Waals surface area contributed by atoms with E-state index in [1.165, 1.54) is 24.3 Å². The van der Waals surface area contributed by atoms with Gasteiger partial charge in [0.1, 0.15) is 5.82 Å². The number of urea groups is 1. The number of carboxylic acid groups (broad SMARTS) is 1. The molecule has 0 spiro atoms. The van der Waals surface area contributed by atoms with Crippen LogP contribution in [-0.4, -0.2) is 72.2 Å². The van der Waals surface area contributed by atoms with Gasteiger partial charge in [-0.3, -0.25) is 14.7 Å². The van der Waals surface area contributed by atoms with E-state index in [0.29, 0.717) is 37.7 Å². The average Bonchev–Trinajstić information content (AvgIpc) is 2.88. The van der Waals surface area contributed by atoms with E-state index < -0.39 is 12.1 Å². The highest BCUT2D eigenvalue weighted by Crippen LogP contribution is 2.17. The van der Waals surface area contributed by atoms with Crippen molar-refractivity contribution in [3.63, 3.8) is 0 Å². The lowest BCUT2D eigenvalue weighted by molar-refractivity contribution is -0.192. The van der Waals surface area contributed by atoms with Crippen LogP contribution in [0.5, 0.6) is 0 Å². The number of carbonyl (C=O) groups is 3. The van der Waals surface area contributed by atoms with Crippen molar-refractivity contribution < 1.29 is 41.8 Å². The molecule has 3 N–H and O–H groups in total.